The molecule has 2 aromatic heterocycles. The molecule has 2 heterocycles. The van der Waals surface area contributed by atoms with E-state index in [9.17, 15) is 0 Å². The molecule has 4 aromatic rings. The second-order valence-corrected chi connectivity index (χ2v) is 6.82. The van der Waals surface area contributed by atoms with Gasteiger partial charge in [0.2, 0.25) is 0 Å². The van der Waals surface area contributed by atoms with Crippen LogP contribution in [0, 0.1) is 20.8 Å². The number of nitrogens with zero attached hydrogens (tertiary/aromatic N) is 4. The summed E-state index contributed by atoms with van der Waals surface area (Å²) in [5, 5.41) is 8.75. The Labute approximate surface area is 156 Å². The number of hydrogen-bond acceptors (Lipinski definition) is 4. The standard InChI is InChI=1S/C20H18ClN5/c1-12-5-4-6-15(9-12)19-24-20-22-14(3)10-18(26(20)25-19)23-17-11-16(21)8-7-13(17)2/h4-11,23H,1-3H3. The minimum Gasteiger partial charge on any atom is -0.340 e. The third-order valence-electron chi connectivity index (χ3n) is 4.18. The number of nitrogens with one attached hydrogen (secondary N) is 1. The number of fused-ring (bicyclic) bond motifs is 1. The van der Waals surface area contributed by atoms with Crippen LogP contribution in [-0.2, 0) is 0 Å². The first kappa shape index (κ1) is 16.5. The van der Waals surface area contributed by atoms with E-state index in [0.29, 0.717) is 16.6 Å². The SMILES string of the molecule is Cc1cccc(-c2nc3nc(C)cc(Nc4cc(Cl)ccc4C)n3n2)c1. The van der Waals surface area contributed by atoms with Crippen molar-refractivity contribution < 1.29 is 0 Å². The molecular weight excluding hydrogens is 346 g/mol. The van der Waals surface area contributed by atoms with Crippen molar-refractivity contribution in [3.05, 3.63) is 70.4 Å². The van der Waals surface area contributed by atoms with E-state index in [-0.39, 0.29) is 0 Å². The zero-order valence-corrected chi connectivity index (χ0v) is 15.5. The summed E-state index contributed by atoms with van der Waals surface area (Å²) in [5.74, 6) is 2.01. The molecule has 0 aliphatic rings. The highest BCUT2D eigenvalue weighted by Crippen LogP contribution is 2.26. The van der Waals surface area contributed by atoms with E-state index in [4.69, 9.17) is 11.6 Å². The average molecular weight is 364 g/mol. The van der Waals surface area contributed by atoms with Crippen LogP contribution in [0.3, 0.4) is 0 Å². The van der Waals surface area contributed by atoms with E-state index < -0.39 is 0 Å². The van der Waals surface area contributed by atoms with Crippen LogP contribution in [0.4, 0.5) is 11.5 Å². The topological polar surface area (TPSA) is 55.1 Å². The van der Waals surface area contributed by atoms with Crippen LogP contribution in [0.25, 0.3) is 17.2 Å². The fourth-order valence-electron chi connectivity index (χ4n) is 2.85. The molecule has 0 saturated carbocycles. The van der Waals surface area contributed by atoms with Crippen molar-refractivity contribution in [1.82, 2.24) is 19.6 Å². The average Bonchev–Trinajstić information content (AvgIpc) is 3.02. The van der Waals surface area contributed by atoms with E-state index in [1.165, 1.54) is 5.56 Å². The number of rotatable bonds is 3. The second kappa shape index (κ2) is 6.42. The van der Waals surface area contributed by atoms with Crippen molar-refractivity contribution in [2.75, 3.05) is 5.32 Å². The molecular formula is C20H18ClN5. The molecule has 0 spiro atoms. The van der Waals surface area contributed by atoms with Crippen molar-refractivity contribution in [1.29, 1.82) is 0 Å². The lowest BCUT2D eigenvalue weighted by atomic mass is 10.1. The fraction of sp³-hybridized carbons (Fsp3) is 0.150. The predicted octanol–water partition coefficient (Wildman–Crippen LogP) is 5.11. The summed E-state index contributed by atoms with van der Waals surface area (Å²) in [7, 11) is 0. The molecule has 2 aromatic carbocycles. The molecule has 0 aliphatic heterocycles. The molecule has 130 valence electrons. The van der Waals surface area contributed by atoms with Crippen LogP contribution in [0.5, 0.6) is 0 Å². The molecule has 26 heavy (non-hydrogen) atoms. The smallest absolute Gasteiger partial charge is 0.254 e. The molecule has 1 N–H and O–H groups in total. The quantitative estimate of drug-likeness (QED) is 0.549. The van der Waals surface area contributed by atoms with Gasteiger partial charge in [-0.1, -0.05) is 41.4 Å². The summed E-state index contributed by atoms with van der Waals surface area (Å²) >= 11 is 6.14. The highest BCUT2D eigenvalue weighted by atomic mass is 35.5. The Bertz CT molecular complexity index is 1120. The van der Waals surface area contributed by atoms with E-state index in [1.807, 2.05) is 50.2 Å². The molecule has 0 unspecified atom stereocenters. The predicted molar refractivity (Wildman–Crippen MR) is 105 cm³/mol. The fourth-order valence-corrected chi connectivity index (χ4v) is 3.02. The first-order valence-corrected chi connectivity index (χ1v) is 8.72. The Hall–Kier alpha value is -2.92. The van der Waals surface area contributed by atoms with Crippen molar-refractivity contribution in [3.63, 3.8) is 0 Å². The van der Waals surface area contributed by atoms with Gasteiger partial charge in [0.15, 0.2) is 5.82 Å². The zero-order valence-electron chi connectivity index (χ0n) is 14.8. The van der Waals surface area contributed by atoms with Crippen LogP contribution in [0.1, 0.15) is 16.8 Å². The number of anilines is 2. The Kier molecular flexibility index (Phi) is 4.09. The Morgan fingerprint density at radius 2 is 1.81 bits per heavy atom. The van der Waals surface area contributed by atoms with Crippen molar-refractivity contribution in [2.45, 2.75) is 20.8 Å². The van der Waals surface area contributed by atoms with Gasteiger partial charge in [0, 0.05) is 28.0 Å². The van der Waals surface area contributed by atoms with Gasteiger partial charge in [0.25, 0.3) is 5.78 Å². The summed E-state index contributed by atoms with van der Waals surface area (Å²) in [4.78, 5) is 9.11. The third-order valence-corrected chi connectivity index (χ3v) is 4.41. The normalized spacial score (nSPS) is 11.1. The van der Waals surface area contributed by atoms with Gasteiger partial charge in [-0.25, -0.2) is 4.98 Å². The lowest BCUT2D eigenvalue weighted by molar-refractivity contribution is 0.939. The molecule has 6 heteroatoms. The van der Waals surface area contributed by atoms with Gasteiger partial charge in [-0.05, 0) is 44.5 Å². The summed E-state index contributed by atoms with van der Waals surface area (Å²) in [5.41, 5.74) is 5.02. The van der Waals surface area contributed by atoms with Gasteiger partial charge in [-0.3, -0.25) is 0 Å². The van der Waals surface area contributed by atoms with Crippen LogP contribution in [0.2, 0.25) is 5.02 Å². The first-order chi connectivity index (χ1) is 12.5. The Morgan fingerprint density at radius 3 is 2.62 bits per heavy atom. The van der Waals surface area contributed by atoms with E-state index in [2.05, 4.69) is 39.4 Å². The van der Waals surface area contributed by atoms with Crippen molar-refractivity contribution in [3.8, 4) is 11.4 Å². The molecule has 0 fully saturated rings. The summed E-state index contributed by atoms with van der Waals surface area (Å²) in [6, 6.07) is 15.8. The lowest BCUT2D eigenvalue weighted by Gasteiger charge is -2.11. The zero-order chi connectivity index (χ0) is 18.3. The molecule has 0 amide bonds. The van der Waals surface area contributed by atoms with Crippen molar-refractivity contribution in [2.24, 2.45) is 0 Å². The molecule has 0 atom stereocenters. The number of benzene rings is 2. The summed E-state index contributed by atoms with van der Waals surface area (Å²) in [6.45, 7) is 6.02. The van der Waals surface area contributed by atoms with Gasteiger partial charge in [0.05, 0.1) is 0 Å². The number of aromatic nitrogens is 4. The van der Waals surface area contributed by atoms with E-state index >= 15 is 0 Å². The third kappa shape index (κ3) is 3.13. The molecule has 5 nitrogen and oxygen atoms in total. The Balaban J connectivity index is 1.83. The second-order valence-electron chi connectivity index (χ2n) is 6.38. The number of halogens is 1. The number of hydrogen-bond donors (Lipinski definition) is 1. The maximum atomic E-state index is 6.14. The maximum absolute atomic E-state index is 6.14. The van der Waals surface area contributed by atoms with Crippen LogP contribution < -0.4 is 5.32 Å². The summed E-state index contributed by atoms with van der Waals surface area (Å²) in [6.07, 6.45) is 0. The highest BCUT2D eigenvalue weighted by Gasteiger charge is 2.12. The molecule has 0 radical (unpaired) electrons. The van der Waals surface area contributed by atoms with Gasteiger partial charge < -0.3 is 5.32 Å². The van der Waals surface area contributed by atoms with Gasteiger partial charge in [-0.2, -0.15) is 9.50 Å². The highest BCUT2D eigenvalue weighted by molar-refractivity contribution is 6.30. The maximum Gasteiger partial charge on any atom is 0.254 e. The minimum atomic E-state index is 0.559. The largest absolute Gasteiger partial charge is 0.340 e. The molecule has 4 rings (SSSR count). The van der Waals surface area contributed by atoms with Crippen LogP contribution >= 0.6 is 11.6 Å². The van der Waals surface area contributed by atoms with Crippen LogP contribution in [-0.4, -0.2) is 19.6 Å². The van der Waals surface area contributed by atoms with Gasteiger partial charge in [-0.15, -0.1) is 5.10 Å². The molecule has 0 aliphatic carbocycles. The molecule has 0 bridgehead atoms. The van der Waals surface area contributed by atoms with E-state index in [1.54, 1.807) is 4.52 Å². The molecule has 0 saturated heterocycles. The Morgan fingerprint density at radius 1 is 0.962 bits per heavy atom. The van der Waals surface area contributed by atoms with Gasteiger partial charge >= 0.3 is 0 Å². The first-order valence-electron chi connectivity index (χ1n) is 8.34. The van der Waals surface area contributed by atoms with Crippen molar-refractivity contribution >= 4 is 28.9 Å². The monoisotopic (exact) mass is 363 g/mol. The summed E-state index contributed by atoms with van der Waals surface area (Å²) < 4.78 is 1.73. The lowest BCUT2D eigenvalue weighted by Crippen LogP contribution is -2.03. The number of aryl methyl sites for hydroxylation is 3. The van der Waals surface area contributed by atoms with Gasteiger partial charge in [0.1, 0.15) is 5.82 Å². The minimum absolute atomic E-state index is 0.559. The van der Waals surface area contributed by atoms with Crippen LogP contribution in [0.15, 0.2) is 48.5 Å². The van der Waals surface area contributed by atoms with E-state index in [0.717, 1.165) is 28.3 Å².